The Morgan fingerprint density at radius 3 is 2.43 bits per heavy atom. The first-order chi connectivity index (χ1) is 13.7. The number of hydrogen-bond acceptors (Lipinski definition) is 3. The molecule has 3 aromatic rings. The fraction of sp³-hybridized carbons (Fsp3) is 0.0870. The van der Waals surface area contributed by atoms with Crippen molar-refractivity contribution in [1.29, 1.82) is 0 Å². The minimum Gasteiger partial charge on any atom is -0.361 e. The third-order valence-electron chi connectivity index (χ3n) is 5.22. The Kier molecular flexibility index (Phi) is 3.86. The molecule has 4 nitrogen and oxygen atoms in total. The van der Waals surface area contributed by atoms with E-state index >= 15 is 0 Å². The second-order valence-corrected chi connectivity index (χ2v) is 6.99. The monoisotopic (exact) mass is 371 g/mol. The molecule has 0 atom stereocenters. The van der Waals surface area contributed by atoms with Gasteiger partial charge in [0.05, 0.1) is 11.3 Å². The molecule has 0 aromatic heterocycles. The third-order valence-corrected chi connectivity index (χ3v) is 5.22. The van der Waals surface area contributed by atoms with Crippen LogP contribution in [0.1, 0.15) is 16.7 Å². The predicted octanol–water partition coefficient (Wildman–Crippen LogP) is 4.75. The van der Waals surface area contributed by atoms with Crippen LogP contribution in [-0.2, 0) is 17.9 Å². The zero-order chi connectivity index (χ0) is 19.1. The van der Waals surface area contributed by atoms with Gasteiger partial charge in [0.1, 0.15) is 5.82 Å². The van der Waals surface area contributed by atoms with Gasteiger partial charge in [-0.3, -0.25) is 4.79 Å². The molecule has 5 rings (SSSR count). The van der Waals surface area contributed by atoms with Crippen LogP contribution in [0, 0.1) is 5.82 Å². The Balaban J connectivity index is 1.36. The summed E-state index contributed by atoms with van der Waals surface area (Å²) in [5.74, 6) is -0.451. The van der Waals surface area contributed by atoms with Crippen molar-refractivity contribution in [3.05, 3.63) is 95.4 Å². The van der Waals surface area contributed by atoms with Crippen LogP contribution in [0.25, 0.3) is 5.57 Å². The Bertz CT molecular complexity index is 1100. The van der Waals surface area contributed by atoms with Crippen LogP contribution in [0.5, 0.6) is 0 Å². The number of nitrogens with zero attached hydrogens (tertiary/aromatic N) is 1. The van der Waals surface area contributed by atoms with Crippen molar-refractivity contribution in [2.75, 3.05) is 15.5 Å². The van der Waals surface area contributed by atoms with Crippen molar-refractivity contribution in [3.8, 4) is 0 Å². The molecule has 0 bridgehead atoms. The van der Waals surface area contributed by atoms with Crippen molar-refractivity contribution in [2.24, 2.45) is 0 Å². The van der Waals surface area contributed by atoms with E-state index in [1.807, 2.05) is 47.4 Å². The lowest BCUT2D eigenvalue weighted by Crippen LogP contribution is -2.16. The van der Waals surface area contributed by atoms with Crippen LogP contribution in [0.2, 0.25) is 0 Å². The molecule has 3 aromatic carbocycles. The van der Waals surface area contributed by atoms with E-state index in [0.717, 1.165) is 11.3 Å². The van der Waals surface area contributed by atoms with Gasteiger partial charge in [-0.05, 0) is 35.4 Å². The van der Waals surface area contributed by atoms with E-state index in [9.17, 15) is 9.18 Å². The number of carbonyl (C=O) groups is 1. The zero-order valence-electron chi connectivity index (χ0n) is 15.1. The number of rotatable bonds is 3. The van der Waals surface area contributed by atoms with Crippen molar-refractivity contribution in [3.63, 3.8) is 0 Å². The maximum Gasteiger partial charge on any atom is 0.257 e. The highest BCUT2D eigenvalue weighted by molar-refractivity contribution is 6.31. The quantitative estimate of drug-likeness (QED) is 0.653. The lowest BCUT2D eigenvalue weighted by molar-refractivity contribution is -0.110. The van der Waals surface area contributed by atoms with E-state index in [1.54, 1.807) is 12.3 Å². The Morgan fingerprint density at radius 2 is 1.68 bits per heavy atom. The van der Waals surface area contributed by atoms with Gasteiger partial charge >= 0.3 is 0 Å². The third kappa shape index (κ3) is 2.81. The summed E-state index contributed by atoms with van der Waals surface area (Å²) in [7, 11) is 0. The van der Waals surface area contributed by atoms with Crippen molar-refractivity contribution < 1.29 is 9.18 Å². The highest BCUT2D eigenvalue weighted by atomic mass is 19.1. The fourth-order valence-electron chi connectivity index (χ4n) is 3.79. The number of anilines is 3. The van der Waals surface area contributed by atoms with Gasteiger partial charge in [-0.25, -0.2) is 4.39 Å². The maximum absolute atomic E-state index is 14.8. The standard InChI is InChI=1S/C23H18FN3O/c24-20-11-17(25-12-19-18-7-3-4-8-21(18)26-23(19)28)9-10-22(20)27-13-15-5-1-2-6-16(15)14-27/h1-12,25H,13-14H2,(H,26,28)/b19-12+. The van der Waals surface area contributed by atoms with E-state index < -0.39 is 0 Å². The summed E-state index contributed by atoms with van der Waals surface area (Å²) < 4.78 is 14.8. The molecule has 138 valence electrons. The number of hydrogen-bond donors (Lipinski definition) is 2. The molecule has 1 amide bonds. The lowest BCUT2D eigenvalue weighted by Gasteiger charge is -2.19. The maximum atomic E-state index is 14.8. The molecule has 2 heterocycles. The summed E-state index contributed by atoms with van der Waals surface area (Å²) in [6.45, 7) is 1.42. The summed E-state index contributed by atoms with van der Waals surface area (Å²) in [4.78, 5) is 14.2. The van der Waals surface area contributed by atoms with Gasteiger partial charge in [-0.1, -0.05) is 42.5 Å². The van der Waals surface area contributed by atoms with Gasteiger partial charge in [-0.2, -0.15) is 0 Å². The normalized spacial score (nSPS) is 16.1. The molecule has 0 aliphatic carbocycles. The van der Waals surface area contributed by atoms with Crippen LogP contribution < -0.4 is 15.5 Å². The summed E-state index contributed by atoms with van der Waals surface area (Å²) in [5.41, 5.74) is 5.82. The van der Waals surface area contributed by atoms with Crippen molar-refractivity contribution in [2.45, 2.75) is 13.1 Å². The average molecular weight is 371 g/mol. The molecule has 0 saturated carbocycles. The van der Waals surface area contributed by atoms with Gasteiger partial charge in [-0.15, -0.1) is 0 Å². The van der Waals surface area contributed by atoms with E-state index in [1.165, 1.54) is 17.2 Å². The highest BCUT2D eigenvalue weighted by Gasteiger charge is 2.24. The van der Waals surface area contributed by atoms with Crippen molar-refractivity contribution >= 4 is 28.5 Å². The molecule has 2 N–H and O–H groups in total. The smallest absolute Gasteiger partial charge is 0.257 e. The number of carbonyl (C=O) groups excluding carboxylic acids is 1. The van der Waals surface area contributed by atoms with E-state index in [0.29, 0.717) is 30.0 Å². The Hall–Kier alpha value is -3.60. The summed E-state index contributed by atoms with van der Waals surface area (Å²) >= 11 is 0. The minimum atomic E-state index is -0.285. The molecular formula is C23H18FN3O. The molecule has 5 heteroatoms. The van der Waals surface area contributed by atoms with Gasteiger partial charge in [0, 0.05) is 36.2 Å². The number of benzene rings is 3. The first-order valence-corrected chi connectivity index (χ1v) is 9.18. The number of halogens is 1. The van der Waals surface area contributed by atoms with Crippen LogP contribution in [-0.4, -0.2) is 5.91 Å². The number of nitrogens with one attached hydrogen (secondary N) is 2. The molecule has 0 fully saturated rings. The first kappa shape index (κ1) is 16.6. The summed E-state index contributed by atoms with van der Waals surface area (Å²) in [5, 5.41) is 5.87. The lowest BCUT2D eigenvalue weighted by atomic mass is 10.1. The van der Waals surface area contributed by atoms with Gasteiger partial charge < -0.3 is 15.5 Å². The second-order valence-electron chi connectivity index (χ2n) is 6.99. The fourth-order valence-corrected chi connectivity index (χ4v) is 3.79. The average Bonchev–Trinajstić information content (AvgIpc) is 3.26. The Morgan fingerprint density at radius 1 is 0.964 bits per heavy atom. The van der Waals surface area contributed by atoms with E-state index in [2.05, 4.69) is 22.8 Å². The van der Waals surface area contributed by atoms with Crippen molar-refractivity contribution in [1.82, 2.24) is 0 Å². The largest absolute Gasteiger partial charge is 0.361 e. The van der Waals surface area contributed by atoms with Crippen LogP contribution in [0.4, 0.5) is 21.5 Å². The van der Waals surface area contributed by atoms with Crippen LogP contribution in [0.3, 0.4) is 0 Å². The number of para-hydroxylation sites is 1. The Labute approximate surface area is 162 Å². The van der Waals surface area contributed by atoms with Gasteiger partial charge in [0.15, 0.2) is 0 Å². The van der Waals surface area contributed by atoms with Crippen LogP contribution in [0.15, 0.2) is 72.9 Å². The van der Waals surface area contributed by atoms with Crippen LogP contribution >= 0.6 is 0 Å². The topological polar surface area (TPSA) is 44.4 Å². The molecular weight excluding hydrogens is 353 g/mol. The first-order valence-electron chi connectivity index (χ1n) is 9.18. The highest BCUT2D eigenvalue weighted by Crippen LogP contribution is 2.33. The van der Waals surface area contributed by atoms with Gasteiger partial charge in [0.25, 0.3) is 5.91 Å². The molecule has 28 heavy (non-hydrogen) atoms. The second kappa shape index (κ2) is 6.53. The molecule has 2 aliphatic rings. The molecule has 0 unspecified atom stereocenters. The van der Waals surface area contributed by atoms with Gasteiger partial charge in [0.2, 0.25) is 0 Å². The number of amides is 1. The van der Waals surface area contributed by atoms with E-state index in [4.69, 9.17) is 0 Å². The number of fused-ring (bicyclic) bond motifs is 2. The molecule has 2 aliphatic heterocycles. The SMILES string of the molecule is O=C1Nc2ccccc2/C1=C\Nc1ccc(N2Cc3ccccc3C2)c(F)c1. The molecule has 0 saturated heterocycles. The molecule has 0 radical (unpaired) electrons. The minimum absolute atomic E-state index is 0.166. The zero-order valence-corrected chi connectivity index (χ0v) is 15.1. The predicted molar refractivity (Wildman–Crippen MR) is 109 cm³/mol. The summed E-state index contributed by atoms with van der Waals surface area (Å²) in [6.07, 6.45) is 1.63. The van der Waals surface area contributed by atoms with E-state index in [-0.39, 0.29) is 11.7 Å². The summed E-state index contributed by atoms with van der Waals surface area (Å²) in [6, 6.07) is 20.8. The molecule has 0 spiro atoms.